The molecule has 1 fully saturated rings. The molecule has 0 bridgehead atoms. The molecule has 31 heavy (non-hydrogen) atoms. The maximum atomic E-state index is 12.4. The van der Waals surface area contributed by atoms with Crippen LogP contribution in [-0.4, -0.2) is 71.7 Å². The van der Waals surface area contributed by atoms with Crippen LogP contribution in [0.25, 0.3) is 0 Å². The second kappa shape index (κ2) is 13.8. The highest BCUT2D eigenvalue weighted by atomic mass is 127. The van der Waals surface area contributed by atoms with Crippen molar-refractivity contribution in [2.75, 3.05) is 39.3 Å². The van der Waals surface area contributed by atoms with Crippen LogP contribution in [0.5, 0.6) is 0 Å². The molecule has 1 saturated heterocycles. The SMILES string of the molecule is CCNC(=NCCc1cccnc1)N1CCC(CN(CC)C(=O)OC(C)(C)C)CC1.I. The summed E-state index contributed by atoms with van der Waals surface area (Å²) in [6, 6.07) is 4.05. The van der Waals surface area contributed by atoms with Gasteiger partial charge in [-0.3, -0.25) is 9.98 Å². The topological polar surface area (TPSA) is 70.1 Å². The van der Waals surface area contributed by atoms with Crippen molar-refractivity contribution in [1.82, 2.24) is 20.1 Å². The standard InChI is InChI=1S/C23H39N5O2.HI/c1-6-25-21(26-14-10-19-9-8-13-24-17-19)28-15-11-20(12-16-28)18-27(7-2)22(29)30-23(3,4)5;/h8-9,13,17,20H,6-7,10-12,14-16,18H2,1-5H3,(H,25,26);1H. The number of hydrogen-bond acceptors (Lipinski definition) is 4. The van der Waals surface area contributed by atoms with Crippen LogP contribution in [0.3, 0.4) is 0 Å². The van der Waals surface area contributed by atoms with E-state index in [-0.39, 0.29) is 30.1 Å². The first-order valence-corrected chi connectivity index (χ1v) is 11.2. The Hall–Kier alpha value is -1.58. The van der Waals surface area contributed by atoms with Gasteiger partial charge in [-0.1, -0.05) is 6.07 Å². The van der Waals surface area contributed by atoms with E-state index in [0.717, 1.165) is 57.9 Å². The number of piperidine rings is 1. The van der Waals surface area contributed by atoms with E-state index in [1.807, 2.05) is 44.9 Å². The Morgan fingerprint density at radius 1 is 1.32 bits per heavy atom. The van der Waals surface area contributed by atoms with Gasteiger partial charge >= 0.3 is 6.09 Å². The molecule has 7 nitrogen and oxygen atoms in total. The van der Waals surface area contributed by atoms with E-state index >= 15 is 0 Å². The number of hydrogen-bond donors (Lipinski definition) is 1. The zero-order chi connectivity index (χ0) is 22.0. The molecule has 0 aliphatic carbocycles. The molecular formula is C23H40IN5O2. The van der Waals surface area contributed by atoms with Crippen LogP contribution in [0.1, 0.15) is 53.0 Å². The average Bonchev–Trinajstić information content (AvgIpc) is 2.71. The minimum Gasteiger partial charge on any atom is -0.444 e. The van der Waals surface area contributed by atoms with Crippen molar-refractivity contribution in [3.8, 4) is 0 Å². The zero-order valence-electron chi connectivity index (χ0n) is 19.8. The van der Waals surface area contributed by atoms with Crippen molar-refractivity contribution in [2.24, 2.45) is 10.9 Å². The molecule has 0 saturated carbocycles. The van der Waals surface area contributed by atoms with Crippen molar-refractivity contribution in [3.05, 3.63) is 30.1 Å². The molecule has 1 N–H and O–H groups in total. The normalized spacial score (nSPS) is 15.3. The number of carbonyl (C=O) groups is 1. The number of guanidine groups is 1. The third kappa shape index (κ3) is 10.1. The van der Waals surface area contributed by atoms with Gasteiger partial charge in [-0.05, 0) is 71.4 Å². The van der Waals surface area contributed by atoms with Gasteiger partial charge < -0.3 is 19.9 Å². The number of rotatable bonds is 7. The van der Waals surface area contributed by atoms with E-state index in [0.29, 0.717) is 12.5 Å². The predicted octanol–water partition coefficient (Wildman–Crippen LogP) is 4.18. The molecule has 2 heterocycles. The van der Waals surface area contributed by atoms with Gasteiger partial charge in [0.05, 0.1) is 0 Å². The molecule has 1 aliphatic heterocycles. The van der Waals surface area contributed by atoms with Crippen LogP contribution in [0.15, 0.2) is 29.5 Å². The molecule has 0 spiro atoms. The summed E-state index contributed by atoms with van der Waals surface area (Å²) in [4.78, 5) is 25.6. The van der Waals surface area contributed by atoms with Gasteiger partial charge in [0.25, 0.3) is 0 Å². The lowest BCUT2D eigenvalue weighted by molar-refractivity contribution is 0.0214. The molecule has 0 aromatic carbocycles. The second-order valence-corrected chi connectivity index (χ2v) is 8.80. The summed E-state index contributed by atoms with van der Waals surface area (Å²) in [5.41, 5.74) is 0.749. The number of halogens is 1. The summed E-state index contributed by atoms with van der Waals surface area (Å²) in [5.74, 6) is 1.48. The lowest BCUT2D eigenvalue weighted by atomic mass is 9.96. The fourth-order valence-corrected chi connectivity index (χ4v) is 3.56. The van der Waals surface area contributed by atoms with Crippen LogP contribution in [0.4, 0.5) is 4.79 Å². The lowest BCUT2D eigenvalue weighted by Gasteiger charge is -2.36. The Morgan fingerprint density at radius 3 is 2.58 bits per heavy atom. The smallest absolute Gasteiger partial charge is 0.410 e. The van der Waals surface area contributed by atoms with Gasteiger partial charge in [0.2, 0.25) is 0 Å². The third-order valence-electron chi connectivity index (χ3n) is 5.15. The van der Waals surface area contributed by atoms with E-state index in [9.17, 15) is 4.79 Å². The van der Waals surface area contributed by atoms with Gasteiger partial charge in [-0.2, -0.15) is 0 Å². The van der Waals surface area contributed by atoms with Crippen LogP contribution in [-0.2, 0) is 11.2 Å². The Labute approximate surface area is 205 Å². The quantitative estimate of drug-likeness (QED) is 0.317. The molecule has 2 rings (SSSR count). The van der Waals surface area contributed by atoms with Gasteiger partial charge in [0, 0.05) is 51.7 Å². The average molecular weight is 546 g/mol. The summed E-state index contributed by atoms with van der Waals surface area (Å²) in [7, 11) is 0. The molecule has 176 valence electrons. The number of pyridine rings is 1. The number of amides is 1. The number of nitrogens with one attached hydrogen (secondary N) is 1. The maximum Gasteiger partial charge on any atom is 0.410 e. The van der Waals surface area contributed by atoms with Crippen LogP contribution in [0, 0.1) is 5.92 Å². The van der Waals surface area contributed by atoms with Crippen molar-refractivity contribution in [2.45, 2.75) is 59.5 Å². The van der Waals surface area contributed by atoms with Gasteiger partial charge in [0.1, 0.15) is 5.60 Å². The van der Waals surface area contributed by atoms with E-state index in [2.05, 4.69) is 28.2 Å². The van der Waals surface area contributed by atoms with Crippen LogP contribution >= 0.6 is 24.0 Å². The molecule has 0 radical (unpaired) electrons. The summed E-state index contributed by atoms with van der Waals surface area (Å²) in [6.07, 6.45) is 6.47. The number of aromatic nitrogens is 1. The molecule has 0 atom stereocenters. The third-order valence-corrected chi connectivity index (χ3v) is 5.15. The first-order chi connectivity index (χ1) is 14.3. The molecule has 1 aromatic heterocycles. The molecule has 0 unspecified atom stereocenters. The number of likely N-dealkylation sites (tertiary alicyclic amines) is 1. The van der Waals surface area contributed by atoms with Gasteiger partial charge in [-0.15, -0.1) is 24.0 Å². The Kier molecular flexibility index (Phi) is 12.2. The van der Waals surface area contributed by atoms with E-state index in [1.165, 1.54) is 5.56 Å². The summed E-state index contributed by atoms with van der Waals surface area (Å²) in [6.45, 7) is 14.8. The fraction of sp³-hybridized carbons (Fsp3) is 0.696. The molecule has 1 aliphatic rings. The van der Waals surface area contributed by atoms with Crippen molar-refractivity contribution < 1.29 is 9.53 Å². The van der Waals surface area contributed by atoms with E-state index in [1.54, 1.807) is 6.20 Å². The predicted molar refractivity (Wildman–Crippen MR) is 137 cm³/mol. The summed E-state index contributed by atoms with van der Waals surface area (Å²) < 4.78 is 5.55. The fourth-order valence-electron chi connectivity index (χ4n) is 3.56. The molecule has 1 aromatic rings. The largest absolute Gasteiger partial charge is 0.444 e. The number of nitrogens with zero attached hydrogens (tertiary/aromatic N) is 4. The minimum absolute atomic E-state index is 0. The summed E-state index contributed by atoms with van der Waals surface area (Å²) in [5, 5.41) is 3.43. The highest BCUT2D eigenvalue weighted by Crippen LogP contribution is 2.20. The number of aliphatic imine (C=N–C) groups is 1. The first-order valence-electron chi connectivity index (χ1n) is 11.2. The first kappa shape index (κ1) is 27.5. The minimum atomic E-state index is -0.457. The highest BCUT2D eigenvalue weighted by Gasteiger charge is 2.27. The monoisotopic (exact) mass is 545 g/mol. The highest BCUT2D eigenvalue weighted by molar-refractivity contribution is 14.0. The molecule has 1 amide bonds. The van der Waals surface area contributed by atoms with E-state index < -0.39 is 5.60 Å². The van der Waals surface area contributed by atoms with E-state index in [4.69, 9.17) is 9.73 Å². The molecular weight excluding hydrogens is 505 g/mol. The van der Waals surface area contributed by atoms with Crippen LogP contribution < -0.4 is 5.32 Å². The van der Waals surface area contributed by atoms with Crippen molar-refractivity contribution >= 4 is 36.0 Å². The Balaban J connectivity index is 0.00000480. The number of carbonyl (C=O) groups excluding carboxylic acids is 1. The lowest BCUT2D eigenvalue weighted by Crippen LogP contribution is -2.48. The Morgan fingerprint density at radius 2 is 2.03 bits per heavy atom. The zero-order valence-corrected chi connectivity index (χ0v) is 22.1. The van der Waals surface area contributed by atoms with Crippen molar-refractivity contribution in [3.63, 3.8) is 0 Å². The molecule has 8 heteroatoms. The van der Waals surface area contributed by atoms with Crippen LogP contribution in [0.2, 0.25) is 0 Å². The van der Waals surface area contributed by atoms with Gasteiger partial charge in [-0.25, -0.2) is 4.79 Å². The maximum absolute atomic E-state index is 12.4. The van der Waals surface area contributed by atoms with Gasteiger partial charge in [0.15, 0.2) is 5.96 Å². The Bertz CT molecular complexity index is 670. The second-order valence-electron chi connectivity index (χ2n) is 8.80. The number of ether oxygens (including phenoxy) is 1. The van der Waals surface area contributed by atoms with Crippen molar-refractivity contribution in [1.29, 1.82) is 0 Å². The summed E-state index contributed by atoms with van der Waals surface area (Å²) >= 11 is 0.